The number of halogens is 5. The van der Waals surface area contributed by atoms with Crippen LogP contribution in [-0.4, -0.2) is 0 Å². The summed E-state index contributed by atoms with van der Waals surface area (Å²) in [4.78, 5) is 0. The average Bonchev–Trinajstić information content (AvgIpc) is 0.650. The van der Waals surface area contributed by atoms with Gasteiger partial charge in [0.15, 0.2) is 0 Å². The van der Waals surface area contributed by atoms with Crippen molar-refractivity contribution >= 4 is 0 Å². The Labute approximate surface area is 43.0 Å². The van der Waals surface area contributed by atoms with Crippen LogP contribution in [0.25, 0.3) is 0 Å². The fourth-order valence-corrected chi connectivity index (χ4v) is 0. The molecule has 47 valence electrons. The van der Waals surface area contributed by atoms with Crippen molar-refractivity contribution in [2.24, 2.45) is 0 Å². The Bertz CT molecular complexity index is 41.3. The van der Waals surface area contributed by atoms with Crippen LogP contribution in [0.5, 0.6) is 0 Å². The van der Waals surface area contributed by atoms with Gasteiger partial charge in [-0.25, -0.2) is 0 Å². The Hall–Kier alpha value is 0.662. The maximum absolute atomic E-state index is 9.93. The van der Waals surface area contributed by atoms with E-state index in [0.29, 0.717) is 0 Å². The molecule has 0 aliphatic rings. The van der Waals surface area contributed by atoms with Crippen molar-refractivity contribution in [2.45, 2.75) is 0 Å². The van der Waals surface area contributed by atoms with E-state index in [-0.39, 0.29) is 6.15 Å². The first kappa shape index (κ1) is 10.6. The number of rotatable bonds is 0. The summed E-state index contributed by atoms with van der Waals surface area (Å²) in [6, 6.07) is 0. The maximum atomic E-state index is 9.93. The van der Waals surface area contributed by atoms with Crippen LogP contribution in [0, 0.1) is 26.1 Å². The van der Waals surface area contributed by atoms with Crippen molar-refractivity contribution in [2.75, 3.05) is 0 Å². The Morgan fingerprint density at radius 1 is 0.714 bits per heavy atom. The molecule has 0 aromatic heterocycles. The molecule has 0 aliphatic heterocycles. The summed E-state index contributed by atoms with van der Waals surface area (Å²) < 4.78 is 49.7. The van der Waals surface area contributed by atoms with Gasteiger partial charge in [-0.3, -0.25) is 0 Å². The average molecular weight is 350 g/mol. The van der Waals surface area contributed by atoms with E-state index in [1.165, 1.54) is 0 Å². The van der Waals surface area contributed by atoms with E-state index in [2.05, 4.69) is 0 Å². The summed E-state index contributed by atoms with van der Waals surface area (Å²) in [6.45, 7) is 0. The molecule has 0 amide bonds. The van der Waals surface area contributed by atoms with Crippen molar-refractivity contribution in [3.05, 3.63) is 0 Å². The molecule has 0 aromatic rings. The molecule has 0 heterocycles. The Kier molecular flexibility index (Phi) is 2.85. The van der Waals surface area contributed by atoms with Gasteiger partial charge in [0.05, 0.1) is 0 Å². The molecule has 0 aliphatic carbocycles. The standard InChI is InChI=1S/5FH.H3N.U/h5*1H;1H3;/q;;;;;;+5/p-5. The van der Waals surface area contributed by atoms with E-state index in [9.17, 15) is 10.5 Å². The van der Waals surface area contributed by atoms with E-state index in [4.69, 9.17) is 0 Å². The summed E-state index contributed by atoms with van der Waals surface area (Å²) in [5.74, 6) is 0. The van der Waals surface area contributed by atoms with E-state index >= 15 is 0 Å². The van der Waals surface area contributed by atoms with Gasteiger partial charge in [-0.2, -0.15) is 0 Å². The van der Waals surface area contributed by atoms with Crippen molar-refractivity contribution in [3.63, 3.8) is 0 Å². The zero-order valence-electron chi connectivity index (χ0n) is 3.10. The molecule has 0 unspecified atom stereocenters. The third-order valence-corrected chi connectivity index (χ3v) is 0. The second-order valence-corrected chi connectivity index (χ2v) is 6.66. The molecule has 0 saturated heterocycles. The van der Waals surface area contributed by atoms with E-state index in [1.54, 1.807) is 0 Å². The molecule has 7 heavy (non-hydrogen) atoms. The Morgan fingerprint density at radius 3 is 0.714 bits per heavy atom. The fourth-order valence-electron chi connectivity index (χ4n) is 0. The van der Waals surface area contributed by atoms with Crippen LogP contribution in [0.15, 0.2) is 0 Å². The van der Waals surface area contributed by atoms with Gasteiger partial charge in [-0.15, -0.1) is 0 Å². The number of hydrogen-bond donors (Lipinski definition) is 1. The van der Waals surface area contributed by atoms with E-state index < -0.39 is 26.1 Å². The molecule has 0 spiro atoms. The second-order valence-electron chi connectivity index (χ2n) is 0.714. The first-order valence-corrected chi connectivity index (χ1v) is 8.81. The number of hydrogen-bond acceptors (Lipinski definition) is 1. The van der Waals surface area contributed by atoms with Crippen LogP contribution >= 0.6 is 0 Å². The van der Waals surface area contributed by atoms with Crippen LogP contribution in [-0.2, 0) is 0 Å². The van der Waals surface area contributed by atoms with E-state index in [1.807, 2.05) is 0 Å². The van der Waals surface area contributed by atoms with Crippen molar-refractivity contribution < 1.29 is 36.6 Å². The van der Waals surface area contributed by atoms with Crippen molar-refractivity contribution in [1.82, 2.24) is 6.15 Å². The van der Waals surface area contributed by atoms with E-state index in [0.717, 1.165) is 0 Å². The predicted octanol–water partition coefficient (Wildman–Crippen LogP) is 2.26. The van der Waals surface area contributed by atoms with Gasteiger partial charge in [0.1, 0.15) is 0 Å². The molecule has 0 rings (SSSR count). The molecule has 0 atom stereocenters. The molecular weight excluding hydrogens is 347 g/mol. The third-order valence-electron chi connectivity index (χ3n) is 0. The fraction of sp³-hybridized carbons (Fsp3) is 0. The summed E-state index contributed by atoms with van der Waals surface area (Å²) >= 11 is -9.40. The van der Waals surface area contributed by atoms with Crippen LogP contribution in [0.2, 0.25) is 0 Å². The minimum atomic E-state index is -9.40. The van der Waals surface area contributed by atoms with Crippen molar-refractivity contribution in [1.29, 1.82) is 0 Å². The van der Waals surface area contributed by atoms with Gasteiger partial charge in [-0.05, 0) is 0 Å². The zero-order valence-corrected chi connectivity index (χ0v) is 7.26. The normalized spacial score (nSPS) is 16.4. The van der Waals surface area contributed by atoms with Gasteiger partial charge in [0.25, 0.3) is 0 Å². The Balaban J connectivity index is 0. The van der Waals surface area contributed by atoms with Gasteiger partial charge in [0, 0.05) is 0 Å². The molecule has 7 heteroatoms. The summed E-state index contributed by atoms with van der Waals surface area (Å²) in [7, 11) is 0. The topological polar surface area (TPSA) is 35.0 Å². The minimum absolute atomic E-state index is 0. The molecule has 0 saturated carbocycles. The van der Waals surface area contributed by atoms with Crippen LogP contribution in [0.1, 0.15) is 0 Å². The monoisotopic (exact) mass is 350 g/mol. The van der Waals surface area contributed by atoms with Gasteiger partial charge >= 0.3 is 36.6 Å². The Morgan fingerprint density at radius 2 is 0.714 bits per heavy atom. The third kappa shape index (κ3) is 330. The van der Waals surface area contributed by atoms with Crippen LogP contribution < -0.4 is 6.15 Å². The summed E-state index contributed by atoms with van der Waals surface area (Å²) in [5, 5.41) is 0. The summed E-state index contributed by atoms with van der Waals surface area (Å²) in [6.07, 6.45) is 0. The second kappa shape index (κ2) is 1.88. The van der Waals surface area contributed by atoms with Gasteiger partial charge in [0.2, 0.25) is 0 Å². The summed E-state index contributed by atoms with van der Waals surface area (Å²) in [5.41, 5.74) is 0. The SMILES string of the molecule is N.[F][U]([F])([F])([F])[F]. The van der Waals surface area contributed by atoms with Crippen LogP contribution in [0.3, 0.4) is 0 Å². The van der Waals surface area contributed by atoms with Gasteiger partial charge < -0.3 is 6.15 Å². The molecule has 0 aromatic carbocycles. The zero-order chi connectivity index (χ0) is 5.45. The molecule has 1 nitrogen and oxygen atoms in total. The first-order valence-electron chi connectivity index (χ1n) is 0.945. The molecule has 0 fully saturated rings. The van der Waals surface area contributed by atoms with Crippen LogP contribution in [0.4, 0.5) is 10.5 Å². The van der Waals surface area contributed by atoms with Crippen molar-refractivity contribution in [3.8, 4) is 0 Å². The first-order chi connectivity index (χ1) is 2.24. The molecular formula is H3F5NU. The molecule has 0 radical (unpaired) electrons. The molecule has 3 N–H and O–H groups in total. The molecule has 0 bridgehead atoms. The quantitative estimate of drug-likeness (QED) is 0.669. The predicted molar refractivity (Wildman–Crippen MR) is 10.6 cm³/mol. The van der Waals surface area contributed by atoms with Gasteiger partial charge in [-0.1, -0.05) is 0 Å².